The van der Waals surface area contributed by atoms with Crippen molar-refractivity contribution in [3.05, 3.63) is 23.7 Å². The van der Waals surface area contributed by atoms with Crippen LogP contribution in [-0.4, -0.2) is 25.0 Å². The normalized spacial score (nSPS) is 13.3. The van der Waals surface area contributed by atoms with Gasteiger partial charge < -0.3 is 9.73 Å². The van der Waals surface area contributed by atoms with Gasteiger partial charge in [-0.25, -0.2) is 0 Å². The van der Waals surface area contributed by atoms with Crippen LogP contribution in [0.1, 0.15) is 38.0 Å². The number of rotatable bonds is 7. The maximum atomic E-state index is 5.53. The number of furan rings is 1. The van der Waals surface area contributed by atoms with Crippen LogP contribution in [0.15, 0.2) is 16.7 Å². The molecule has 1 aromatic rings. The maximum absolute atomic E-state index is 5.53. The van der Waals surface area contributed by atoms with Crippen molar-refractivity contribution in [1.82, 2.24) is 10.2 Å². The molecular formula is C13H24N2O. The zero-order valence-electron chi connectivity index (χ0n) is 10.9. The van der Waals surface area contributed by atoms with Crippen molar-refractivity contribution in [2.45, 2.75) is 45.8 Å². The lowest BCUT2D eigenvalue weighted by molar-refractivity contribution is 0.218. The van der Waals surface area contributed by atoms with Gasteiger partial charge >= 0.3 is 0 Å². The minimum absolute atomic E-state index is 0.609. The summed E-state index contributed by atoms with van der Waals surface area (Å²) in [5, 5.41) is 3.16. The van der Waals surface area contributed by atoms with Gasteiger partial charge in [-0.1, -0.05) is 13.3 Å². The first-order chi connectivity index (χ1) is 7.69. The Hall–Kier alpha value is -0.800. The van der Waals surface area contributed by atoms with Crippen molar-refractivity contribution in [3.8, 4) is 0 Å². The Morgan fingerprint density at radius 2 is 2.25 bits per heavy atom. The van der Waals surface area contributed by atoms with E-state index in [0.717, 1.165) is 18.8 Å². The van der Waals surface area contributed by atoms with Gasteiger partial charge in [-0.3, -0.25) is 4.90 Å². The van der Waals surface area contributed by atoms with E-state index in [2.05, 4.69) is 31.1 Å². The molecule has 0 aromatic carbocycles. The second-order valence-electron chi connectivity index (χ2n) is 4.45. The smallest absolute Gasteiger partial charge is 0.122 e. The number of hydrogen-bond donors (Lipinski definition) is 1. The summed E-state index contributed by atoms with van der Waals surface area (Å²) in [6.07, 6.45) is 4.24. The first-order valence-electron chi connectivity index (χ1n) is 6.09. The summed E-state index contributed by atoms with van der Waals surface area (Å²) in [7, 11) is 4.12. The summed E-state index contributed by atoms with van der Waals surface area (Å²) in [6, 6.07) is 2.65. The molecular weight excluding hydrogens is 200 g/mol. The highest BCUT2D eigenvalue weighted by Crippen LogP contribution is 2.15. The van der Waals surface area contributed by atoms with Crippen LogP contribution in [0.4, 0.5) is 0 Å². The average Bonchev–Trinajstić information content (AvgIpc) is 2.67. The van der Waals surface area contributed by atoms with Gasteiger partial charge in [-0.05, 0) is 33.5 Å². The molecule has 0 bridgehead atoms. The number of hydrogen-bond acceptors (Lipinski definition) is 3. The summed E-state index contributed by atoms with van der Waals surface area (Å²) >= 11 is 0. The van der Waals surface area contributed by atoms with Crippen LogP contribution >= 0.6 is 0 Å². The van der Waals surface area contributed by atoms with Gasteiger partial charge in [-0.15, -0.1) is 0 Å². The summed E-state index contributed by atoms with van der Waals surface area (Å²) in [4.78, 5) is 2.35. The van der Waals surface area contributed by atoms with Crippen molar-refractivity contribution in [2.75, 3.05) is 14.1 Å². The van der Waals surface area contributed by atoms with E-state index < -0.39 is 0 Å². The van der Waals surface area contributed by atoms with E-state index in [1.165, 1.54) is 18.4 Å². The Kier molecular flexibility index (Phi) is 5.56. The zero-order chi connectivity index (χ0) is 12.0. The zero-order valence-corrected chi connectivity index (χ0v) is 10.9. The topological polar surface area (TPSA) is 28.4 Å². The molecule has 1 heterocycles. The molecule has 0 fully saturated rings. The minimum atomic E-state index is 0.609. The Bertz CT molecular complexity index is 296. The molecule has 92 valence electrons. The largest absolute Gasteiger partial charge is 0.468 e. The van der Waals surface area contributed by atoms with Crippen LogP contribution in [0.3, 0.4) is 0 Å². The van der Waals surface area contributed by atoms with Crippen molar-refractivity contribution in [1.29, 1.82) is 0 Å². The molecule has 0 aliphatic rings. The molecule has 0 aliphatic carbocycles. The van der Waals surface area contributed by atoms with Gasteiger partial charge in [0.05, 0.1) is 12.8 Å². The third-order valence-corrected chi connectivity index (χ3v) is 3.06. The van der Waals surface area contributed by atoms with Crippen molar-refractivity contribution < 1.29 is 4.42 Å². The third-order valence-electron chi connectivity index (χ3n) is 3.06. The van der Waals surface area contributed by atoms with E-state index in [1.54, 1.807) is 6.26 Å². The lowest BCUT2D eigenvalue weighted by atomic mass is 10.1. The van der Waals surface area contributed by atoms with E-state index in [4.69, 9.17) is 4.42 Å². The molecule has 0 aliphatic heterocycles. The van der Waals surface area contributed by atoms with Crippen LogP contribution < -0.4 is 5.32 Å². The Labute approximate surface area is 98.8 Å². The quantitative estimate of drug-likeness (QED) is 0.771. The lowest BCUT2D eigenvalue weighted by Gasteiger charge is -2.23. The minimum Gasteiger partial charge on any atom is -0.468 e. The Morgan fingerprint density at radius 3 is 2.88 bits per heavy atom. The van der Waals surface area contributed by atoms with Crippen LogP contribution in [-0.2, 0) is 13.1 Å². The van der Waals surface area contributed by atoms with Gasteiger partial charge in [0.1, 0.15) is 5.76 Å². The van der Waals surface area contributed by atoms with Gasteiger partial charge in [0.2, 0.25) is 0 Å². The van der Waals surface area contributed by atoms with E-state index in [-0.39, 0.29) is 0 Å². The molecule has 0 radical (unpaired) electrons. The number of nitrogens with zero attached hydrogens (tertiary/aromatic N) is 1. The van der Waals surface area contributed by atoms with E-state index in [1.807, 2.05) is 13.1 Å². The number of nitrogens with one attached hydrogen (secondary N) is 1. The highest BCUT2D eigenvalue weighted by atomic mass is 16.3. The first-order valence-corrected chi connectivity index (χ1v) is 6.09. The molecule has 3 nitrogen and oxygen atoms in total. The third kappa shape index (κ3) is 3.65. The highest BCUT2D eigenvalue weighted by Gasteiger charge is 2.12. The summed E-state index contributed by atoms with van der Waals surface area (Å²) in [5.74, 6) is 1.08. The van der Waals surface area contributed by atoms with Crippen LogP contribution in [0, 0.1) is 0 Å². The monoisotopic (exact) mass is 224 g/mol. The summed E-state index contributed by atoms with van der Waals surface area (Å²) in [5.41, 5.74) is 1.26. The average molecular weight is 224 g/mol. The molecule has 0 saturated carbocycles. The van der Waals surface area contributed by atoms with Gasteiger partial charge in [0, 0.05) is 18.2 Å². The summed E-state index contributed by atoms with van der Waals surface area (Å²) < 4.78 is 5.53. The van der Waals surface area contributed by atoms with Gasteiger partial charge in [0.15, 0.2) is 0 Å². The standard InChI is InChI=1S/C13H24N2O/c1-5-6-11(2)15(4)10-13-12(9-14-3)7-8-16-13/h7-8,11,14H,5-6,9-10H2,1-4H3. The molecule has 1 aromatic heterocycles. The fourth-order valence-electron chi connectivity index (χ4n) is 1.87. The molecule has 1 N–H and O–H groups in total. The SMILES string of the molecule is CCCC(C)N(C)Cc1occc1CNC. The molecule has 0 amide bonds. The molecule has 1 rings (SSSR count). The van der Waals surface area contributed by atoms with E-state index in [0.29, 0.717) is 6.04 Å². The van der Waals surface area contributed by atoms with E-state index in [9.17, 15) is 0 Å². The van der Waals surface area contributed by atoms with Crippen LogP contribution in [0.5, 0.6) is 0 Å². The van der Waals surface area contributed by atoms with Crippen molar-refractivity contribution >= 4 is 0 Å². The second kappa shape index (κ2) is 6.71. The highest BCUT2D eigenvalue weighted by molar-refractivity contribution is 5.16. The lowest BCUT2D eigenvalue weighted by Crippen LogP contribution is -2.28. The molecule has 1 unspecified atom stereocenters. The van der Waals surface area contributed by atoms with Crippen LogP contribution in [0.25, 0.3) is 0 Å². The Morgan fingerprint density at radius 1 is 1.50 bits per heavy atom. The molecule has 3 heteroatoms. The molecule has 0 saturated heterocycles. The fourth-order valence-corrected chi connectivity index (χ4v) is 1.87. The van der Waals surface area contributed by atoms with E-state index >= 15 is 0 Å². The molecule has 16 heavy (non-hydrogen) atoms. The summed E-state index contributed by atoms with van der Waals surface area (Å²) in [6.45, 7) is 6.26. The maximum Gasteiger partial charge on any atom is 0.122 e. The predicted molar refractivity (Wildman–Crippen MR) is 67.3 cm³/mol. The molecule has 0 spiro atoms. The van der Waals surface area contributed by atoms with Crippen molar-refractivity contribution in [2.24, 2.45) is 0 Å². The van der Waals surface area contributed by atoms with Crippen molar-refractivity contribution in [3.63, 3.8) is 0 Å². The Balaban J connectivity index is 2.54. The fraction of sp³-hybridized carbons (Fsp3) is 0.692. The van der Waals surface area contributed by atoms with Crippen LogP contribution in [0.2, 0.25) is 0 Å². The van der Waals surface area contributed by atoms with Gasteiger partial charge in [-0.2, -0.15) is 0 Å². The predicted octanol–water partition coefficient (Wildman–Crippen LogP) is 2.62. The second-order valence-corrected chi connectivity index (χ2v) is 4.45. The van der Waals surface area contributed by atoms with Gasteiger partial charge in [0.25, 0.3) is 0 Å². The first kappa shape index (κ1) is 13.3. The molecule has 1 atom stereocenters.